The molecule has 274 valence electrons. The Kier molecular flexibility index (Phi) is 7.27. The van der Waals surface area contributed by atoms with Crippen molar-refractivity contribution in [3.63, 3.8) is 0 Å². The van der Waals surface area contributed by atoms with Crippen LogP contribution < -0.4 is 14.4 Å². The van der Waals surface area contributed by atoms with Gasteiger partial charge in [-0.25, -0.2) is 0 Å². The molecule has 0 saturated heterocycles. The molecule has 0 amide bonds. The smallest absolute Gasteiger partial charge is 0.178 e. The first-order valence-corrected chi connectivity index (χ1v) is 20.1. The van der Waals surface area contributed by atoms with Crippen LogP contribution in [0.5, 0.6) is 23.0 Å². The molecule has 3 nitrogen and oxygen atoms in total. The van der Waals surface area contributed by atoms with Gasteiger partial charge in [-0.1, -0.05) is 164 Å². The molecule has 1 aliphatic heterocycles. The zero-order valence-electron chi connectivity index (χ0n) is 31.7. The van der Waals surface area contributed by atoms with E-state index in [0.29, 0.717) is 11.5 Å². The van der Waals surface area contributed by atoms with Gasteiger partial charge >= 0.3 is 0 Å². The predicted molar refractivity (Wildman–Crippen MR) is 234 cm³/mol. The number of benzene rings is 8. The fourth-order valence-electron chi connectivity index (χ4n) is 10.0. The van der Waals surface area contributed by atoms with Crippen LogP contribution in [-0.4, -0.2) is 0 Å². The van der Waals surface area contributed by atoms with Crippen LogP contribution in [0.2, 0.25) is 0 Å². The van der Waals surface area contributed by atoms with Gasteiger partial charge in [-0.3, -0.25) is 0 Å². The van der Waals surface area contributed by atoms with E-state index in [2.05, 4.69) is 211 Å². The molecule has 12 rings (SSSR count). The number of ether oxygens (including phenoxy) is 2. The van der Waals surface area contributed by atoms with Crippen LogP contribution in [0, 0.1) is 0 Å². The molecule has 4 aliphatic rings. The molecule has 0 N–H and O–H groups in total. The van der Waals surface area contributed by atoms with Crippen molar-refractivity contribution >= 4 is 11.4 Å². The van der Waals surface area contributed by atoms with E-state index in [0.717, 1.165) is 34.9 Å². The van der Waals surface area contributed by atoms with Gasteiger partial charge in [0.15, 0.2) is 23.0 Å². The molecule has 3 heteroatoms. The summed E-state index contributed by atoms with van der Waals surface area (Å²) in [6, 6.07) is 67.5. The van der Waals surface area contributed by atoms with E-state index in [4.69, 9.17) is 9.47 Å². The van der Waals surface area contributed by atoms with Crippen LogP contribution in [0.4, 0.5) is 11.4 Å². The van der Waals surface area contributed by atoms with Gasteiger partial charge in [0.25, 0.3) is 0 Å². The standard InChI is InChI=1S/C55H37NO2/c1-3-14-36(15-4-1)38-26-28-40(29-27-38)56(41-19-13-18-39(34-41)37-16-5-2-6-17-37)42-30-32-50-52(35-42)57-51-33-31-49-53(54(51)58-50)45-22-9-12-25-48(45)55(49)46-23-10-7-20-43(46)44-21-8-11-24-47(44)55/h1-33,35,39H,34H2. The van der Waals surface area contributed by atoms with E-state index in [1.165, 1.54) is 61.3 Å². The van der Waals surface area contributed by atoms with Crippen molar-refractivity contribution in [1.82, 2.24) is 0 Å². The van der Waals surface area contributed by atoms with Crippen molar-refractivity contribution in [3.8, 4) is 56.4 Å². The van der Waals surface area contributed by atoms with Crippen LogP contribution in [0.25, 0.3) is 33.4 Å². The molecule has 1 spiro atoms. The van der Waals surface area contributed by atoms with Gasteiger partial charge in [0.05, 0.1) is 5.41 Å². The number of anilines is 2. The Morgan fingerprint density at radius 2 is 1.05 bits per heavy atom. The zero-order chi connectivity index (χ0) is 38.2. The Bertz CT molecular complexity index is 2930. The van der Waals surface area contributed by atoms with Gasteiger partial charge in [0.1, 0.15) is 0 Å². The van der Waals surface area contributed by atoms with Crippen LogP contribution in [0.3, 0.4) is 0 Å². The lowest BCUT2D eigenvalue weighted by Crippen LogP contribution is -2.25. The Morgan fingerprint density at radius 1 is 0.466 bits per heavy atom. The summed E-state index contributed by atoms with van der Waals surface area (Å²) in [7, 11) is 0. The second-order valence-electron chi connectivity index (χ2n) is 15.5. The normalized spacial score (nSPS) is 15.8. The van der Waals surface area contributed by atoms with Gasteiger partial charge in [-0.05, 0) is 98.5 Å². The van der Waals surface area contributed by atoms with Gasteiger partial charge in [-0.15, -0.1) is 0 Å². The van der Waals surface area contributed by atoms with E-state index in [9.17, 15) is 0 Å². The second kappa shape index (κ2) is 12.8. The first-order chi connectivity index (χ1) is 28.8. The minimum absolute atomic E-state index is 0.267. The molecule has 58 heavy (non-hydrogen) atoms. The van der Waals surface area contributed by atoms with Crippen LogP contribution in [0.1, 0.15) is 40.2 Å². The summed E-state index contributed by atoms with van der Waals surface area (Å²) in [4.78, 5) is 2.37. The highest BCUT2D eigenvalue weighted by atomic mass is 16.6. The quantitative estimate of drug-likeness (QED) is 0.175. The molecule has 1 unspecified atom stereocenters. The van der Waals surface area contributed by atoms with Crippen LogP contribution >= 0.6 is 0 Å². The summed E-state index contributed by atoms with van der Waals surface area (Å²) in [6.45, 7) is 0. The second-order valence-corrected chi connectivity index (χ2v) is 15.5. The van der Waals surface area contributed by atoms with Crippen molar-refractivity contribution < 1.29 is 9.47 Å². The highest BCUT2D eigenvalue weighted by molar-refractivity contribution is 5.97. The molecule has 0 bridgehead atoms. The average molecular weight is 744 g/mol. The Balaban J connectivity index is 0.959. The van der Waals surface area contributed by atoms with Crippen molar-refractivity contribution in [2.24, 2.45) is 0 Å². The maximum absolute atomic E-state index is 7.01. The van der Waals surface area contributed by atoms with Gasteiger partial charge in [0, 0.05) is 34.6 Å². The summed E-state index contributed by atoms with van der Waals surface area (Å²) < 4.78 is 13.9. The molecule has 3 aliphatic carbocycles. The van der Waals surface area contributed by atoms with Gasteiger partial charge < -0.3 is 14.4 Å². The molecule has 8 aromatic rings. The molecule has 1 heterocycles. The number of hydrogen-bond donors (Lipinski definition) is 0. The van der Waals surface area contributed by atoms with E-state index in [1.54, 1.807) is 0 Å². The predicted octanol–water partition coefficient (Wildman–Crippen LogP) is 14.4. The topological polar surface area (TPSA) is 21.7 Å². The van der Waals surface area contributed by atoms with Crippen molar-refractivity contribution in [1.29, 1.82) is 0 Å². The Labute approximate surface area is 338 Å². The van der Waals surface area contributed by atoms with Gasteiger partial charge in [0.2, 0.25) is 0 Å². The summed E-state index contributed by atoms with van der Waals surface area (Å²) in [5.74, 6) is 3.15. The number of fused-ring (bicyclic) bond motifs is 13. The number of rotatable bonds is 5. The molecule has 0 saturated carbocycles. The number of hydrogen-bond acceptors (Lipinski definition) is 3. The minimum atomic E-state index is -0.446. The Morgan fingerprint density at radius 3 is 1.78 bits per heavy atom. The molecular formula is C55H37NO2. The van der Waals surface area contributed by atoms with E-state index >= 15 is 0 Å². The SMILES string of the molecule is C1=CC(c2ccccc2)CC(N(c2ccc(-c3ccccc3)cc2)c2ccc3c(c2)Oc2ccc4c(c2O3)-c2ccccc2C42c3ccccc3-c3ccccc32)=C1. The average Bonchev–Trinajstić information content (AvgIpc) is 3.77. The highest BCUT2D eigenvalue weighted by Gasteiger charge is 2.53. The van der Waals surface area contributed by atoms with Gasteiger partial charge in [-0.2, -0.15) is 0 Å². The minimum Gasteiger partial charge on any atom is -0.449 e. The zero-order valence-corrected chi connectivity index (χ0v) is 31.7. The van der Waals surface area contributed by atoms with Crippen LogP contribution in [-0.2, 0) is 5.41 Å². The number of nitrogens with zero attached hydrogens (tertiary/aromatic N) is 1. The lowest BCUT2D eigenvalue weighted by molar-refractivity contribution is 0.360. The van der Waals surface area contributed by atoms with E-state index in [1.807, 2.05) is 0 Å². The Hall–Kier alpha value is -7.36. The summed E-state index contributed by atoms with van der Waals surface area (Å²) in [5, 5.41) is 0. The summed E-state index contributed by atoms with van der Waals surface area (Å²) in [6.07, 6.45) is 7.60. The highest BCUT2D eigenvalue weighted by Crippen LogP contribution is 2.66. The number of allylic oxidation sites excluding steroid dienone is 4. The molecular weight excluding hydrogens is 707 g/mol. The van der Waals surface area contributed by atoms with Crippen molar-refractivity contribution in [2.45, 2.75) is 17.8 Å². The van der Waals surface area contributed by atoms with Crippen LogP contribution in [0.15, 0.2) is 212 Å². The third-order valence-corrected chi connectivity index (χ3v) is 12.5. The fourth-order valence-corrected chi connectivity index (χ4v) is 10.0. The fraction of sp³-hybridized carbons (Fsp3) is 0.0545. The monoisotopic (exact) mass is 743 g/mol. The molecule has 0 radical (unpaired) electrons. The largest absolute Gasteiger partial charge is 0.449 e. The van der Waals surface area contributed by atoms with Crippen molar-refractivity contribution in [2.75, 3.05) is 4.90 Å². The first kappa shape index (κ1) is 32.8. The maximum Gasteiger partial charge on any atom is 0.178 e. The summed E-state index contributed by atoms with van der Waals surface area (Å²) in [5.41, 5.74) is 16.5. The molecule has 0 aromatic heterocycles. The summed E-state index contributed by atoms with van der Waals surface area (Å²) >= 11 is 0. The third-order valence-electron chi connectivity index (χ3n) is 12.5. The lowest BCUT2D eigenvalue weighted by Gasteiger charge is -2.33. The van der Waals surface area contributed by atoms with E-state index < -0.39 is 5.41 Å². The third kappa shape index (κ3) is 4.80. The molecule has 8 aromatic carbocycles. The van der Waals surface area contributed by atoms with E-state index in [-0.39, 0.29) is 5.92 Å². The lowest BCUT2D eigenvalue weighted by atomic mass is 9.70. The molecule has 0 fully saturated rings. The first-order valence-electron chi connectivity index (χ1n) is 20.1. The van der Waals surface area contributed by atoms with Crippen molar-refractivity contribution in [3.05, 3.63) is 240 Å². The maximum atomic E-state index is 7.01. The molecule has 1 atom stereocenters.